The summed E-state index contributed by atoms with van der Waals surface area (Å²) < 4.78 is 40.3. The fourth-order valence-electron chi connectivity index (χ4n) is 1.30. The van der Waals surface area contributed by atoms with E-state index in [1.807, 2.05) is 0 Å². The summed E-state index contributed by atoms with van der Waals surface area (Å²) in [5, 5.41) is 11.2. The normalized spacial score (nSPS) is 10.3. The van der Waals surface area contributed by atoms with Crippen LogP contribution in [0, 0.1) is 11.8 Å². The molecule has 0 aliphatic carbocycles. The van der Waals surface area contributed by atoms with E-state index in [1.54, 1.807) is 0 Å². The Morgan fingerprint density at radius 1 is 1.38 bits per heavy atom. The first-order chi connectivity index (χ1) is 9.69. The molecule has 2 N–H and O–H groups in total. The molecule has 21 heavy (non-hydrogen) atoms. The molecule has 112 valence electrons. The Kier molecular flexibility index (Phi) is 5.18. The molecule has 0 saturated heterocycles. The highest BCUT2D eigenvalue weighted by Gasteiger charge is 2.33. The Balaban J connectivity index is 3.01. The third-order valence-corrected chi connectivity index (χ3v) is 2.10. The summed E-state index contributed by atoms with van der Waals surface area (Å²) in [6, 6.07) is 3.08. The van der Waals surface area contributed by atoms with E-state index >= 15 is 0 Å². The topological polar surface area (TPSA) is 75.6 Å². The third kappa shape index (κ3) is 5.86. The molecule has 0 bridgehead atoms. The first kappa shape index (κ1) is 16.4. The van der Waals surface area contributed by atoms with Crippen LogP contribution in [0.2, 0.25) is 0 Å². The first-order valence-electron chi connectivity index (χ1n) is 5.55. The molecule has 0 aliphatic rings. The van der Waals surface area contributed by atoms with Gasteiger partial charge >= 0.3 is 12.3 Å². The van der Waals surface area contributed by atoms with Gasteiger partial charge in [0.1, 0.15) is 11.3 Å². The summed E-state index contributed by atoms with van der Waals surface area (Å²) in [7, 11) is 0. The van der Waals surface area contributed by atoms with Gasteiger partial charge in [-0.25, -0.2) is 4.79 Å². The number of rotatable bonds is 3. The quantitative estimate of drug-likeness (QED) is 0.834. The highest BCUT2D eigenvalue weighted by molar-refractivity contribution is 5.91. The van der Waals surface area contributed by atoms with E-state index < -0.39 is 23.6 Å². The molecule has 0 unspecified atom stereocenters. The number of benzene rings is 1. The summed E-state index contributed by atoms with van der Waals surface area (Å²) in [4.78, 5) is 21.4. The van der Waals surface area contributed by atoms with E-state index in [4.69, 9.17) is 5.11 Å². The number of hydrogen-bond acceptors (Lipinski definition) is 3. The number of halogens is 3. The van der Waals surface area contributed by atoms with Crippen LogP contribution in [0.15, 0.2) is 18.2 Å². The number of amides is 1. The Bertz CT molecular complexity index is 614. The average molecular weight is 301 g/mol. The van der Waals surface area contributed by atoms with Crippen LogP contribution in [0.4, 0.5) is 13.2 Å². The molecule has 8 heteroatoms. The Hall–Kier alpha value is -2.69. The van der Waals surface area contributed by atoms with Gasteiger partial charge in [-0.05, 0) is 18.2 Å². The maximum Gasteiger partial charge on any atom is 0.573 e. The van der Waals surface area contributed by atoms with E-state index in [0.717, 1.165) is 12.1 Å². The van der Waals surface area contributed by atoms with Gasteiger partial charge in [-0.2, -0.15) is 0 Å². The fraction of sp³-hybridized carbons (Fsp3) is 0.231. The van der Waals surface area contributed by atoms with Crippen LogP contribution in [-0.4, -0.2) is 29.9 Å². The van der Waals surface area contributed by atoms with Gasteiger partial charge in [0.05, 0.1) is 6.54 Å². The summed E-state index contributed by atoms with van der Waals surface area (Å²) in [5.74, 6) is 2.30. The van der Waals surface area contributed by atoms with Gasteiger partial charge in [0.2, 0.25) is 5.91 Å². The number of aromatic carboxylic acids is 1. The number of carbonyl (C=O) groups is 2. The first-order valence-corrected chi connectivity index (χ1v) is 5.55. The van der Waals surface area contributed by atoms with Gasteiger partial charge in [-0.15, -0.1) is 13.2 Å². The SMILES string of the molecule is CC(=O)NCC#Cc1ccc(C(=O)O)c(OC(F)(F)F)c1. The van der Waals surface area contributed by atoms with E-state index in [-0.39, 0.29) is 18.0 Å². The van der Waals surface area contributed by atoms with Gasteiger partial charge in [0, 0.05) is 12.5 Å². The van der Waals surface area contributed by atoms with Crippen molar-refractivity contribution in [3.63, 3.8) is 0 Å². The zero-order valence-electron chi connectivity index (χ0n) is 10.7. The third-order valence-electron chi connectivity index (χ3n) is 2.10. The monoisotopic (exact) mass is 301 g/mol. The van der Waals surface area contributed by atoms with Crippen LogP contribution in [0.25, 0.3) is 0 Å². The van der Waals surface area contributed by atoms with Crippen LogP contribution in [0.3, 0.4) is 0 Å². The van der Waals surface area contributed by atoms with E-state index in [2.05, 4.69) is 21.9 Å². The van der Waals surface area contributed by atoms with Crippen molar-refractivity contribution in [1.82, 2.24) is 5.32 Å². The van der Waals surface area contributed by atoms with Crippen molar-refractivity contribution in [2.24, 2.45) is 0 Å². The van der Waals surface area contributed by atoms with Gasteiger partial charge in [-0.1, -0.05) is 11.8 Å². The highest BCUT2D eigenvalue weighted by Crippen LogP contribution is 2.27. The molecule has 0 fully saturated rings. The number of nitrogens with one attached hydrogen (secondary N) is 1. The van der Waals surface area contributed by atoms with Crippen LogP contribution in [-0.2, 0) is 4.79 Å². The second kappa shape index (κ2) is 6.65. The lowest BCUT2D eigenvalue weighted by Crippen LogP contribution is -2.19. The standard InChI is InChI=1S/C13H10F3NO4/c1-8(18)17-6-2-3-9-4-5-10(12(19)20)11(7-9)21-13(14,15)16/h4-5,7H,6H2,1H3,(H,17,18)(H,19,20). The molecule has 0 heterocycles. The number of carbonyl (C=O) groups excluding carboxylic acids is 1. The molecule has 1 aromatic rings. The maximum absolute atomic E-state index is 12.2. The van der Waals surface area contributed by atoms with Crippen LogP contribution >= 0.6 is 0 Å². The minimum Gasteiger partial charge on any atom is -0.478 e. The number of carboxylic acids is 1. The number of alkyl halides is 3. The van der Waals surface area contributed by atoms with E-state index in [1.165, 1.54) is 13.0 Å². The summed E-state index contributed by atoms with van der Waals surface area (Å²) >= 11 is 0. The van der Waals surface area contributed by atoms with Crippen molar-refractivity contribution in [1.29, 1.82) is 0 Å². The molecular weight excluding hydrogens is 291 g/mol. The summed E-state index contributed by atoms with van der Waals surface area (Å²) in [6.45, 7) is 1.31. The summed E-state index contributed by atoms with van der Waals surface area (Å²) in [5.41, 5.74) is -0.496. The molecular formula is C13H10F3NO4. The number of carboxylic acid groups (broad SMARTS) is 1. The van der Waals surface area contributed by atoms with Crippen molar-refractivity contribution in [2.75, 3.05) is 6.54 Å². The van der Waals surface area contributed by atoms with E-state index in [9.17, 15) is 22.8 Å². The largest absolute Gasteiger partial charge is 0.573 e. The molecule has 1 rings (SSSR count). The predicted octanol–water partition coefficient (Wildman–Crippen LogP) is 1.77. The second-order valence-corrected chi connectivity index (χ2v) is 3.78. The lowest BCUT2D eigenvalue weighted by molar-refractivity contribution is -0.274. The summed E-state index contributed by atoms with van der Waals surface area (Å²) in [6.07, 6.45) is -5.01. The van der Waals surface area contributed by atoms with Crippen LogP contribution in [0.1, 0.15) is 22.8 Å². The molecule has 0 aromatic heterocycles. The van der Waals surface area contributed by atoms with Gasteiger partial charge in [0.25, 0.3) is 0 Å². The Morgan fingerprint density at radius 3 is 2.57 bits per heavy atom. The molecule has 0 aliphatic heterocycles. The lowest BCUT2D eigenvalue weighted by Gasteiger charge is -2.11. The fourth-order valence-corrected chi connectivity index (χ4v) is 1.30. The Morgan fingerprint density at radius 2 is 2.05 bits per heavy atom. The molecule has 0 atom stereocenters. The van der Waals surface area contributed by atoms with Gasteiger partial charge in [-0.3, -0.25) is 4.79 Å². The molecule has 0 saturated carbocycles. The lowest BCUT2D eigenvalue weighted by atomic mass is 10.1. The van der Waals surface area contributed by atoms with Crippen molar-refractivity contribution in [3.05, 3.63) is 29.3 Å². The smallest absolute Gasteiger partial charge is 0.478 e. The van der Waals surface area contributed by atoms with Crippen LogP contribution < -0.4 is 10.1 Å². The minimum atomic E-state index is -5.01. The van der Waals surface area contributed by atoms with Crippen molar-refractivity contribution in [2.45, 2.75) is 13.3 Å². The highest BCUT2D eigenvalue weighted by atomic mass is 19.4. The van der Waals surface area contributed by atoms with Gasteiger partial charge in [0.15, 0.2) is 0 Å². The minimum absolute atomic E-state index is 0.0193. The molecule has 0 radical (unpaired) electrons. The number of hydrogen-bond donors (Lipinski definition) is 2. The second-order valence-electron chi connectivity index (χ2n) is 3.78. The number of ether oxygens (including phenoxy) is 1. The van der Waals surface area contributed by atoms with E-state index in [0.29, 0.717) is 0 Å². The zero-order chi connectivity index (χ0) is 16.0. The van der Waals surface area contributed by atoms with Crippen molar-refractivity contribution >= 4 is 11.9 Å². The molecule has 5 nitrogen and oxygen atoms in total. The molecule has 0 spiro atoms. The molecule has 1 aromatic carbocycles. The average Bonchev–Trinajstić information content (AvgIpc) is 2.32. The van der Waals surface area contributed by atoms with Crippen molar-refractivity contribution in [3.8, 4) is 17.6 Å². The zero-order valence-corrected chi connectivity index (χ0v) is 10.7. The van der Waals surface area contributed by atoms with Crippen LogP contribution in [0.5, 0.6) is 5.75 Å². The Labute approximate surface area is 117 Å². The van der Waals surface area contributed by atoms with Crippen molar-refractivity contribution < 1.29 is 32.6 Å². The maximum atomic E-state index is 12.2. The predicted molar refractivity (Wildman–Crippen MR) is 65.6 cm³/mol. The van der Waals surface area contributed by atoms with Gasteiger partial charge < -0.3 is 15.2 Å². The molecule has 1 amide bonds.